The molecule has 3 rings (SSSR count). The summed E-state index contributed by atoms with van der Waals surface area (Å²) in [7, 11) is 0. The minimum absolute atomic E-state index is 0.141. The van der Waals surface area contributed by atoms with Gasteiger partial charge in [0.25, 0.3) is 5.91 Å². The van der Waals surface area contributed by atoms with Crippen molar-refractivity contribution in [3.05, 3.63) is 54.1 Å². The van der Waals surface area contributed by atoms with Gasteiger partial charge in [-0.05, 0) is 18.1 Å². The summed E-state index contributed by atoms with van der Waals surface area (Å²) in [6.45, 7) is 0.141. The van der Waals surface area contributed by atoms with Crippen molar-refractivity contribution in [2.75, 3.05) is 11.4 Å². The molecule has 6 heteroatoms. The summed E-state index contributed by atoms with van der Waals surface area (Å²) >= 11 is 0. The maximum Gasteiger partial charge on any atom is 0.308 e. The molecule has 1 aliphatic heterocycles. The van der Waals surface area contributed by atoms with Gasteiger partial charge in [-0.25, -0.2) is 4.98 Å². The predicted molar refractivity (Wildman–Crippen MR) is 75.0 cm³/mol. The maximum atomic E-state index is 12.6. The van der Waals surface area contributed by atoms with Crippen molar-refractivity contribution in [1.82, 2.24) is 9.97 Å². The summed E-state index contributed by atoms with van der Waals surface area (Å²) in [4.78, 5) is 33.2. The molecule has 0 aliphatic carbocycles. The molecule has 106 valence electrons. The Morgan fingerprint density at radius 1 is 1.24 bits per heavy atom. The summed E-state index contributed by atoms with van der Waals surface area (Å²) in [5, 5.41) is 9.27. The standard InChI is InChI=1S/C15H13N3O3/c19-14(12-8-16-5-6-17-12)18-9-11(15(20)21)7-10-3-1-2-4-13(10)18/h1-6,8,11H,7,9H2,(H,20,21). The summed E-state index contributed by atoms with van der Waals surface area (Å²) in [5.74, 6) is -1.84. The van der Waals surface area contributed by atoms with Crippen molar-refractivity contribution in [3.8, 4) is 0 Å². The third-order valence-electron chi connectivity index (χ3n) is 3.53. The average molecular weight is 283 g/mol. The van der Waals surface area contributed by atoms with Crippen LogP contribution in [0.15, 0.2) is 42.9 Å². The highest BCUT2D eigenvalue weighted by Gasteiger charge is 2.32. The highest BCUT2D eigenvalue weighted by Crippen LogP contribution is 2.30. The Morgan fingerprint density at radius 3 is 2.76 bits per heavy atom. The first-order chi connectivity index (χ1) is 10.2. The second-order valence-electron chi connectivity index (χ2n) is 4.87. The van der Waals surface area contributed by atoms with Crippen LogP contribution < -0.4 is 4.90 Å². The van der Waals surface area contributed by atoms with Gasteiger partial charge in [0.2, 0.25) is 0 Å². The number of carbonyl (C=O) groups excluding carboxylic acids is 1. The lowest BCUT2D eigenvalue weighted by molar-refractivity contribution is -0.141. The van der Waals surface area contributed by atoms with Gasteiger partial charge in [0.15, 0.2) is 0 Å². The third-order valence-corrected chi connectivity index (χ3v) is 3.53. The molecular weight excluding hydrogens is 270 g/mol. The van der Waals surface area contributed by atoms with Crippen LogP contribution in [0.1, 0.15) is 16.1 Å². The van der Waals surface area contributed by atoms with Crippen molar-refractivity contribution in [3.63, 3.8) is 0 Å². The van der Waals surface area contributed by atoms with Gasteiger partial charge in [-0.1, -0.05) is 18.2 Å². The Morgan fingerprint density at radius 2 is 2.05 bits per heavy atom. The maximum absolute atomic E-state index is 12.6. The fourth-order valence-electron chi connectivity index (χ4n) is 2.50. The number of hydrogen-bond donors (Lipinski definition) is 1. The second kappa shape index (κ2) is 5.32. The van der Waals surface area contributed by atoms with E-state index >= 15 is 0 Å². The first kappa shape index (κ1) is 13.2. The van der Waals surface area contributed by atoms with Crippen LogP contribution in [0.4, 0.5) is 5.69 Å². The Bertz CT molecular complexity index is 688. The summed E-state index contributed by atoms with van der Waals surface area (Å²) in [6.07, 6.45) is 4.74. The number of amides is 1. The Labute approximate surface area is 121 Å². The largest absolute Gasteiger partial charge is 0.481 e. The van der Waals surface area contributed by atoms with Crippen LogP contribution in [0.25, 0.3) is 0 Å². The third kappa shape index (κ3) is 2.47. The molecule has 1 aromatic carbocycles. The SMILES string of the molecule is O=C(O)C1Cc2ccccc2N(C(=O)c2cnccn2)C1. The van der Waals surface area contributed by atoms with Crippen LogP contribution in [-0.4, -0.2) is 33.5 Å². The molecule has 0 radical (unpaired) electrons. The number of aliphatic carboxylic acids is 1. The van der Waals surface area contributed by atoms with E-state index in [-0.39, 0.29) is 18.1 Å². The number of nitrogens with zero attached hydrogens (tertiary/aromatic N) is 3. The van der Waals surface area contributed by atoms with Crippen molar-refractivity contribution in [2.24, 2.45) is 5.92 Å². The fourth-order valence-corrected chi connectivity index (χ4v) is 2.50. The molecule has 1 N–H and O–H groups in total. The van der Waals surface area contributed by atoms with Gasteiger partial charge in [-0.15, -0.1) is 0 Å². The molecule has 0 saturated carbocycles. The molecule has 2 heterocycles. The van der Waals surface area contributed by atoms with Gasteiger partial charge in [0.1, 0.15) is 5.69 Å². The quantitative estimate of drug-likeness (QED) is 0.900. The molecule has 1 aromatic heterocycles. The van der Waals surface area contributed by atoms with E-state index in [4.69, 9.17) is 0 Å². The molecular formula is C15H13N3O3. The van der Waals surface area contributed by atoms with E-state index < -0.39 is 11.9 Å². The lowest BCUT2D eigenvalue weighted by atomic mass is 9.92. The zero-order valence-electron chi connectivity index (χ0n) is 11.1. The highest BCUT2D eigenvalue weighted by atomic mass is 16.4. The summed E-state index contributed by atoms with van der Waals surface area (Å²) in [6, 6.07) is 7.34. The van der Waals surface area contributed by atoms with E-state index in [9.17, 15) is 14.7 Å². The fraction of sp³-hybridized carbons (Fsp3) is 0.200. The molecule has 0 fully saturated rings. The number of carboxylic acid groups (broad SMARTS) is 1. The van der Waals surface area contributed by atoms with E-state index in [0.717, 1.165) is 11.3 Å². The Kier molecular flexibility index (Phi) is 3.35. The lowest BCUT2D eigenvalue weighted by Gasteiger charge is -2.32. The highest BCUT2D eigenvalue weighted by molar-refractivity contribution is 6.05. The van der Waals surface area contributed by atoms with Crippen LogP contribution in [0.3, 0.4) is 0 Å². The molecule has 1 aliphatic rings. The van der Waals surface area contributed by atoms with E-state index in [2.05, 4.69) is 9.97 Å². The molecule has 0 spiro atoms. The molecule has 21 heavy (non-hydrogen) atoms. The van der Waals surface area contributed by atoms with Gasteiger partial charge < -0.3 is 10.0 Å². The number of aromatic nitrogens is 2. The van der Waals surface area contributed by atoms with Crippen molar-refractivity contribution in [1.29, 1.82) is 0 Å². The zero-order chi connectivity index (χ0) is 14.8. The number of anilines is 1. The van der Waals surface area contributed by atoms with Gasteiger partial charge in [0, 0.05) is 24.6 Å². The van der Waals surface area contributed by atoms with E-state index in [1.54, 1.807) is 0 Å². The van der Waals surface area contributed by atoms with Gasteiger partial charge in [-0.2, -0.15) is 0 Å². The number of carboxylic acids is 1. The summed E-state index contributed by atoms with van der Waals surface area (Å²) < 4.78 is 0. The molecule has 2 aromatic rings. The average Bonchev–Trinajstić information content (AvgIpc) is 2.54. The number of carbonyl (C=O) groups is 2. The lowest BCUT2D eigenvalue weighted by Crippen LogP contribution is -2.42. The smallest absolute Gasteiger partial charge is 0.308 e. The monoisotopic (exact) mass is 283 g/mol. The van der Waals surface area contributed by atoms with Crippen molar-refractivity contribution >= 4 is 17.6 Å². The van der Waals surface area contributed by atoms with Crippen LogP contribution in [-0.2, 0) is 11.2 Å². The molecule has 6 nitrogen and oxygen atoms in total. The van der Waals surface area contributed by atoms with E-state index in [0.29, 0.717) is 6.42 Å². The van der Waals surface area contributed by atoms with Crippen LogP contribution in [0.2, 0.25) is 0 Å². The first-order valence-electron chi connectivity index (χ1n) is 6.55. The molecule has 0 saturated heterocycles. The van der Waals surface area contributed by atoms with Crippen LogP contribution in [0, 0.1) is 5.92 Å². The molecule has 1 atom stereocenters. The van der Waals surface area contributed by atoms with Crippen LogP contribution >= 0.6 is 0 Å². The van der Waals surface area contributed by atoms with E-state index in [1.807, 2.05) is 24.3 Å². The minimum atomic E-state index is -0.901. The zero-order valence-corrected chi connectivity index (χ0v) is 11.1. The van der Waals surface area contributed by atoms with Crippen molar-refractivity contribution in [2.45, 2.75) is 6.42 Å². The number of benzene rings is 1. The van der Waals surface area contributed by atoms with Gasteiger partial charge >= 0.3 is 5.97 Å². The number of fused-ring (bicyclic) bond motifs is 1. The first-order valence-corrected chi connectivity index (χ1v) is 6.55. The van der Waals surface area contributed by atoms with Gasteiger partial charge in [0.05, 0.1) is 12.1 Å². The minimum Gasteiger partial charge on any atom is -0.481 e. The topological polar surface area (TPSA) is 83.4 Å². The van der Waals surface area contributed by atoms with Crippen molar-refractivity contribution < 1.29 is 14.7 Å². The van der Waals surface area contributed by atoms with E-state index in [1.165, 1.54) is 23.5 Å². The molecule has 1 unspecified atom stereocenters. The Balaban J connectivity index is 2.00. The number of hydrogen-bond acceptors (Lipinski definition) is 4. The molecule has 0 bridgehead atoms. The Hall–Kier alpha value is -2.76. The molecule has 1 amide bonds. The number of para-hydroxylation sites is 1. The van der Waals surface area contributed by atoms with Gasteiger partial charge in [-0.3, -0.25) is 14.6 Å². The van der Waals surface area contributed by atoms with Crippen LogP contribution in [0.5, 0.6) is 0 Å². The predicted octanol–water partition coefficient (Wildman–Crippen LogP) is 1.38. The second-order valence-corrected chi connectivity index (χ2v) is 4.87. The summed E-state index contributed by atoms with van der Waals surface area (Å²) in [5.41, 5.74) is 1.80. The normalized spacial score (nSPS) is 17.1. The number of rotatable bonds is 2.